The second-order valence-electron chi connectivity index (χ2n) is 7.27. The Morgan fingerprint density at radius 2 is 2.24 bits per heavy atom. The zero-order valence-electron chi connectivity index (χ0n) is 15.8. The van der Waals surface area contributed by atoms with Crippen molar-refractivity contribution in [3.8, 4) is 6.07 Å². The number of nitrogens with zero attached hydrogens (tertiary/aromatic N) is 4. The molecule has 3 aromatic heterocycles. The molecule has 1 aliphatic heterocycles. The van der Waals surface area contributed by atoms with Crippen molar-refractivity contribution in [1.29, 1.82) is 5.26 Å². The second-order valence-corrected chi connectivity index (χ2v) is 8.13. The van der Waals surface area contributed by atoms with Gasteiger partial charge in [0.15, 0.2) is 5.13 Å². The van der Waals surface area contributed by atoms with Crippen LogP contribution in [0.25, 0.3) is 10.9 Å². The summed E-state index contributed by atoms with van der Waals surface area (Å²) in [6.07, 6.45) is 5.92. The number of thiazole rings is 1. The number of hydrogen-bond acceptors (Lipinski definition) is 6. The molecule has 2 N–H and O–H groups in total. The van der Waals surface area contributed by atoms with Crippen LogP contribution in [0, 0.1) is 11.3 Å². The summed E-state index contributed by atoms with van der Waals surface area (Å²) >= 11 is 1.58. The first-order chi connectivity index (χ1) is 14.3. The van der Waals surface area contributed by atoms with E-state index in [1.807, 2.05) is 6.20 Å². The van der Waals surface area contributed by atoms with E-state index in [0.717, 1.165) is 30.3 Å². The van der Waals surface area contributed by atoms with E-state index in [1.54, 1.807) is 29.7 Å². The number of pyridine rings is 1. The van der Waals surface area contributed by atoms with Crippen molar-refractivity contribution in [3.63, 3.8) is 0 Å². The zero-order valence-corrected chi connectivity index (χ0v) is 16.6. The lowest BCUT2D eigenvalue weighted by Gasteiger charge is -2.23. The highest BCUT2D eigenvalue weighted by atomic mass is 32.1. The maximum Gasteiger partial charge on any atom is 0.188 e. The van der Waals surface area contributed by atoms with Gasteiger partial charge >= 0.3 is 0 Å². The lowest BCUT2D eigenvalue weighted by atomic mass is 10.1. The third-order valence-corrected chi connectivity index (χ3v) is 6.13. The number of nitriles is 1. The van der Waals surface area contributed by atoms with Crippen LogP contribution >= 0.6 is 11.3 Å². The number of aromatic amines is 1. The average Bonchev–Trinajstić information content (AvgIpc) is 3.48. The topological polar surface area (TPSA) is 80.6 Å². The number of likely N-dealkylation sites (tertiary alicyclic amines) is 1. The van der Waals surface area contributed by atoms with Gasteiger partial charge in [0.05, 0.1) is 23.4 Å². The highest BCUT2D eigenvalue weighted by Crippen LogP contribution is 2.35. The van der Waals surface area contributed by atoms with E-state index in [-0.39, 0.29) is 0 Å². The Balaban J connectivity index is 1.31. The summed E-state index contributed by atoms with van der Waals surface area (Å²) in [7, 11) is 0. The van der Waals surface area contributed by atoms with Gasteiger partial charge in [-0.15, -0.1) is 11.3 Å². The minimum absolute atomic E-state index is 0.335. The Labute approximate surface area is 172 Å². The molecule has 6 nitrogen and oxygen atoms in total. The summed E-state index contributed by atoms with van der Waals surface area (Å²) in [5.41, 5.74) is 4.20. The van der Waals surface area contributed by atoms with Gasteiger partial charge in [0.1, 0.15) is 5.82 Å². The molecule has 0 spiro atoms. The number of rotatable bonds is 5. The molecule has 0 aliphatic carbocycles. The first kappa shape index (κ1) is 17.9. The standard InChI is InChI=1S/C22H20N6S/c23-12-15-5-7-25-21(11-15)27-22-26-19(14-29-22)20-2-1-9-28(20)13-16-3-4-18-17(10-16)6-8-24-18/h3-8,10-11,14,20,24H,1-2,9,13H2,(H,25,26,27)/t20-/m0/s1. The number of anilines is 2. The third kappa shape index (κ3) is 3.73. The second kappa shape index (κ2) is 7.66. The Bertz CT molecular complexity index is 1190. The lowest BCUT2D eigenvalue weighted by molar-refractivity contribution is 0.245. The highest BCUT2D eigenvalue weighted by Gasteiger charge is 2.28. The smallest absolute Gasteiger partial charge is 0.188 e. The van der Waals surface area contributed by atoms with Gasteiger partial charge in [0.25, 0.3) is 0 Å². The van der Waals surface area contributed by atoms with Crippen molar-refractivity contribution in [2.24, 2.45) is 0 Å². The number of fused-ring (bicyclic) bond motifs is 1. The molecule has 1 aliphatic rings. The maximum absolute atomic E-state index is 9.05. The molecule has 1 saturated heterocycles. The molecule has 144 valence electrons. The summed E-state index contributed by atoms with van der Waals surface area (Å²) in [4.78, 5) is 14.9. The number of nitrogens with one attached hydrogen (secondary N) is 2. The van der Waals surface area contributed by atoms with Gasteiger partial charge in [-0.05, 0) is 60.7 Å². The lowest BCUT2D eigenvalue weighted by Crippen LogP contribution is -2.23. The van der Waals surface area contributed by atoms with Gasteiger partial charge in [-0.1, -0.05) is 6.07 Å². The van der Waals surface area contributed by atoms with Crippen molar-refractivity contribution in [3.05, 3.63) is 71.0 Å². The van der Waals surface area contributed by atoms with E-state index in [4.69, 9.17) is 10.2 Å². The first-order valence-corrected chi connectivity index (χ1v) is 10.5. The van der Waals surface area contributed by atoms with E-state index < -0.39 is 0 Å². The van der Waals surface area contributed by atoms with E-state index in [0.29, 0.717) is 17.4 Å². The normalized spacial score (nSPS) is 16.9. The van der Waals surface area contributed by atoms with E-state index in [2.05, 4.69) is 55.9 Å². The van der Waals surface area contributed by atoms with Gasteiger partial charge < -0.3 is 10.3 Å². The molecule has 0 saturated carbocycles. The van der Waals surface area contributed by atoms with Crippen LogP contribution in [0.2, 0.25) is 0 Å². The highest BCUT2D eigenvalue weighted by molar-refractivity contribution is 7.13. The Kier molecular flexibility index (Phi) is 4.72. The Morgan fingerprint density at radius 3 is 3.17 bits per heavy atom. The predicted octanol–water partition coefficient (Wildman–Crippen LogP) is 4.97. The maximum atomic E-state index is 9.05. The molecular weight excluding hydrogens is 380 g/mol. The Hall–Kier alpha value is -3.21. The molecule has 7 heteroatoms. The molecule has 1 atom stereocenters. The molecule has 4 heterocycles. The average molecular weight is 401 g/mol. The van der Waals surface area contributed by atoms with Crippen molar-refractivity contribution >= 4 is 33.2 Å². The fourth-order valence-corrected chi connectivity index (χ4v) is 4.72. The van der Waals surface area contributed by atoms with Gasteiger partial charge in [0.2, 0.25) is 0 Å². The molecule has 1 fully saturated rings. The molecule has 29 heavy (non-hydrogen) atoms. The number of H-pyrrole nitrogens is 1. The van der Waals surface area contributed by atoms with Crippen LogP contribution in [0.3, 0.4) is 0 Å². The van der Waals surface area contributed by atoms with Gasteiger partial charge in [-0.3, -0.25) is 4.90 Å². The van der Waals surface area contributed by atoms with Crippen LogP contribution in [-0.4, -0.2) is 26.4 Å². The monoisotopic (exact) mass is 400 g/mol. The molecule has 5 rings (SSSR count). The van der Waals surface area contributed by atoms with Crippen LogP contribution in [0.4, 0.5) is 10.9 Å². The minimum Gasteiger partial charge on any atom is -0.361 e. The number of benzene rings is 1. The van der Waals surface area contributed by atoms with Crippen LogP contribution < -0.4 is 5.32 Å². The van der Waals surface area contributed by atoms with Crippen LogP contribution in [0.15, 0.2) is 54.2 Å². The summed E-state index contributed by atoms with van der Waals surface area (Å²) in [5, 5.41) is 16.5. The number of hydrogen-bond donors (Lipinski definition) is 2. The van der Waals surface area contributed by atoms with Crippen molar-refractivity contribution < 1.29 is 0 Å². The van der Waals surface area contributed by atoms with Gasteiger partial charge in [-0.2, -0.15) is 5.26 Å². The minimum atomic E-state index is 0.335. The van der Waals surface area contributed by atoms with Crippen LogP contribution in [-0.2, 0) is 6.54 Å². The summed E-state index contributed by atoms with van der Waals surface area (Å²) in [5.74, 6) is 0.646. The molecular formula is C22H20N6S. The third-order valence-electron chi connectivity index (χ3n) is 5.35. The summed E-state index contributed by atoms with van der Waals surface area (Å²) in [6.45, 7) is 2.01. The first-order valence-electron chi connectivity index (χ1n) is 9.67. The molecule has 0 amide bonds. The van der Waals surface area contributed by atoms with E-state index >= 15 is 0 Å². The van der Waals surface area contributed by atoms with Crippen LogP contribution in [0.1, 0.15) is 35.7 Å². The SMILES string of the molecule is N#Cc1ccnc(Nc2nc([C@@H]3CCCN3Cc3ccc4[nH]ccc4c3)cs2)c1. The number of aromatic nitrogens is 3. The van der Waals surface area contributed by atoms with Crippen molar-refractivity contribution in [2.45, 2.75) is 25.4 Å². The van der Waals surface area contributed by atoms with Crippen molar-refractivity contribution in [2.75, 3.05) is 11.9 Å². The summed E-state index contributed by atoms with van der Waals surface area (Å²) < 4.78 is 0. The Morgan fingerprint density at radius 1 is 1.28 bits per heavy atom. The molecule has 0 bridgehead atoms. The molecule has 4 aromatic rings. The van der Waals surface area contributed by atoms with Crippen LogP contribution in [0.5, 0.6) is 0 Å². The van der Waals surface area contributed by atoms with E-state index in [9.17, 15) is 0 Å². The zero-order chi connectivity index (χ0) is 19.6. The molecule has 0 unspecified atom stereocenters. The van der Waals surface area contributed by atoms with Gasteiger partial charge in [0, 0.05) is 29.8 Å². The predicted molar refractivity (Wildman–Crippen MR) is 115 cm³/mol. The van der Waals surface area contributed by atoms with E-state index in [1.165, 1.54) is 22.9 Å². The fraction of sp³-hybridized carbons (Fsp3) is 0.227. The van der Waals surface area contributed by atoms with Crippen molar-refractivity contribution in [1.82, 2.24) is 19.9 Å². The summed E-state index contributed by atoms with van der Waals surface area (Å²) in [6, 6.07) is 14.6. The quantitative estimate of drug-likeness (QED) is 0.494. The van der Waals surface area contributed by atoms with Gasteiger partial charge in [-0.25, -0.2) is 9.97 Å². The molecule has 1 aromatic carbocycles. The largest absolute Gasteiger partial charge is 0.361 e. The molecule has 0 radical (unpaired) electrons. The fourth-order valence-electron chi connectivity index (χ4n) is 3.96.